The van der Waals surface area contributed by atoms with Gasteiger partial charge in [0.25, 0.3) is 0 Å². The number of hydrogen-bond donors (Lipinski definition) is 2. The molecule has 0 fully saturated rings. The Kier molecular flexibility index (Phi) is 2.21. The second kappa shape index (κ2) is 3.38. The van der Waals surface area contributed by atoms with Gasteiger partial charge in [-0.05, 0) is 18.9 Å². The third kappa shape index (κ3) is 1.28. The standard InChI is InChI=1S/C10H14N4/c1-3-8-6(2)12-5-7-4-9(14-11)13-10(7)8/h5H,3-4,11H2,1-2H3,(H,13,14). The van der Waals surface area contributed by atoms with E-state index in [0.29, 0.717) is 0 Å². The van der Waals surface area contributed by atoms with Crippen LogP contribution in [-0.2, 0) is 12.8 Å². The number of amidine groups is 1. The highest BCUT2D eigenvalue weighted by Gasteiger charge is 2.18. The zero-order valence-corrected chi connectivity index (χ0v) is 8.46. The predicted octanol–water partition coefficient (Wildman–Crippen LogP) is 1.00. The van der Waals surface area contributed by atoms with Crippen LogP contribution in [0.15, 0.2) is 11.2 Å². The quantitative estimate of drug-likeness (QED) is 0.513. The fourth-order valence-corrected chi connectivity index (χ4v) is 1.81. The molecule has 4 nitrogen and oxygen atoms in total. The Morgan fingerprint density at radius 2 is 2.36 bits per heavy atom. The Morgan fingerprint density at radius 1 is 1.57 bits per heavy atom. The topological polar surface area (TPSA) is 63.3 Å². The van der Waals surface area contributed by atoms with Crippen LogP contribution in [0.4, 0.5) is 5.69 Å². The van der Waals surface area contributed by atoms with Crippen LogP contribution in [0.2, 0.25) is 0 Å². The Bertz CT molecular complexity index is 395. The molecule has 1 aromatic rings. The molecule has 3 N–H and O–H groups in total. The summed E-state index contributed by atoms with van der Waals surface area (Å²) in [5.41, 5.74) is 7.13. The molecule has 0 amide bonds. The molecule has 4 heteroatoms. The van der Waals surface area contributed by atoms with Gasteiger partial charge in [0.1, 0.15) is 5.84 Å². The van der Waals surface area contributed by atoms with E-state index in [4.69, 9.17) is 5.84 Å². The number of nitrogens with two attached hydrogens (primary N) is 1. The SMILES string of the molecule is CCc1c(C)ncc2c1N=C(NN)C2. The van der Waals surface area contributed by atoms with Crippen LogP contribution in [0.5, 0.6) is 0 Å². The van der Waals surface area contributed by atoms with Gasteiger partial charge in [-0.25, -0.2) is 10.8 Å². The van der Waals surface area contributed by atoms with Crippen molar-refractivity contribution in [2.24, 2.45) is 10.8 Å². The molecule has 14 heavy (non-hydrogen) atoms. The van der Waals surface area contributed by atoms with E-state index in [1.165, 1.54) is 11.1 Å². The van der Waals surface area contributed by atoms with Crippen LogP contribution in [0, 0.1) is 6.92 Å². The lowest BCUT2D eigenvalue weighted by atomic mass is 10.1. The van der Waals surface area contributed by atoms with Crippen LogP contribution in [0.3, 0.4) is 0 Å². The lowest BCUT2D eigenvalue weighted by Gasteiger charge is -2.05. The van der Waals surface area contributed by atoms with Crippen LogP contribution in [0.1, 0.15) is 23.7 Å². The third-order valence-corrected chi connectivity index (χ3v) is 2.57. The summed E-state index contributed by atoms with van der Waals surface area (Å²) >= 11 is 0. The van der Waals surface area contributed by atoms with E-state index < -0.39 is 0 Å². The van der Waals surface area contributed by atoms with E-state index in [9.17, 15) is 0 Å². The van der Waals surface area contributed by atoms with Gasteiger partial charge in [-0.1, -0.05) is 6.92 Å². The molecule has 0 saturated heterocycles. The summed E-state index contributed by atoms with van der Waals surface area (Å²) in [5.74, 6) is 6.16. The summed E-state index contributed by atoms with van der Waals surface area (Å²) in [7, 11) is 0. The van der Waals surface area contributed by atoms with E-state index >= 15 is 0 Å². The van der Waals surface area contributed by atoms with Crippen LogP contribution >= 0.6 is 0 Å². The number of aliphatic imine (C=N–C) groups is 1. The number of nitrogens with one attached hydrogen (secondary N) is 1. The lowest BCUT2D eigenvalue weighted by Crippen LogP contribution is -2.29. The summed E-state index contributed by atoms with van der Waals surface area (Å²) in [5, 5.41) is 0. The van der Waals surface area contributed by atoms with E-state index in [1.54, 1.807) is 0 Å². The second-order valence-corrected chi connectivity index (χ2v) is 3.43. The Hall–Kier alpha value is -1.42. The molecular formula is C10H14N4. The molecule has 0 saturated carbocycles. The molecule has 0 bridgehead atoms. The van der Waals surface area contributed by atoms with E-state index in [0.717, 1.165) is 30.1 Å². The summed E-state index contributed by atoms with van der Waals surface area (Å²) < 4.78 is 0. The van der Waals surface area contributed by atoms with Gasteiger partial charge in [0.05, 0.1) is 5.69 Å². The number of hydrogen-bond acceptors (Lipinski definition) is 4. The first-order valence-corrected chi connectivity index (χ1v) is 4.77. The monoisotopic (exact) mass is 190 g/mol. The van der Waals surface area contributed by atoms with Crippen molar-refractivity contribution in [3.63, 3.8) is 0 Å². The molecule has 0 spiro atoms. The van der Waals surface area contributed by atoms with Crippen molar-refractivity contribution >= 4 is 11.5 Å². The summed E-state index contributed by atoms with van der Waals surface area (Å²) in [6.45, 7) is 4.14. The molecule has 0 aromatic carbocycles. The van der Waals surface area contributed by atoms with Crippen LogP contribution < -0.4 is 11.3 Å². The first kappa shape index (κ1) is 9.15. The fourth-order valence-electron chi connectivity index (χ4n) is 1.81. The highest BCUT2D eigenvalue weighted by atomic mass is 15.3. The maximum Gasteiger partial charge on any atom is 0.121 e. The molecule has 1 aliphatic rings. The normalized spacial score (nSPS) is 13.8. The number of pyridine rings is 1. The minimum atomic E-state index is 0.770. The van der Waals surface area contributed by atoms with Gasteiger partial charge >= 0.3 is 0 Å². The Balaban J connectivity index is 2.53. The zero-order chi connectivity index (χ0) is 10.1. The molecule has 0 radical (unpaired) electrons. The van der Waals surface area contributed by atoms with Crippen molar-refractivity contribution < 1.29 is 0 Å². The largest absolute Gasteiger partial charge is 0.312 e. The van der Waals surface area contributed by atoms with Crippen LogP contribution in [0.25, 0.3) is 0 Å². The van der Waals surface area contributed by atoms with Gasteiger partial charge in [0.2, 0.25) is 0 Å². The molecular weight excluding hydrogens is 176 g/mol. The molecule has 0 aliphatic carbocycles. The van der Waals surface area contributed by atoms with Gasteiger partial charge in [-0.3, -0.25) is 4.98 Å². The number of aryl methyl sites for hydroxylation is 1. The lowest BCUT2D eigenvalue weighted by molar-refractivity contribution is 1.00. The smallest absolute Gasteiger partial charge is 0.121 e. The van der Waals surface area contributed by atoms with Crippen LogP contribution in [-0.4, -0.2) is 10.8 Å². The Morgan fingerprint density at radius 3 is 3.00 bits per heavy atom. The van der Waals surface area contributed by atoms with Gasteiger partial charge in [0.15, 0.2) is 0 Å². The van der Waals surface area contributed by atoms with E-state index in [-0.39, 0.29) is 0 Å². The van der Waals surface area contributed by atoms with E-state index in [1.807, 2.05) is 13.1 Å². The number of aromatic nitrogens is 1. The number of fused-ring (bicyclic) bond motifs is 1. The molecule has 1 aromatic heterocycles. The highest BCUT2D eigenvalue weighted by Crippen LogP contribution is 2.31. The maximum absolute atomic E-state index is 5.34. The van der Waals surface area contributed by atoms with Crippen molar-refractivity contribution in [2.45, 2.75) is 26.7 Å². The summed E-state index contributed by atoms with van der Waals surface area (Å²) in [4.78, 5) is 8.79. The van der Waals surface area contributed by atoms with Crippen molar-refractivity contribution in [1.29, 1.82) is 0 Å². The minimum Gasteiger partial charge on any atom is -0.312 e. The second-order valence-electron chi connectivity index (χ2n) is 3.43. The number of hydrazine groups is 1. The number of rotatable bonds is 1. The third-order valence-electron chi connectivity index (χ3n) is 2.57. The minimum absolute atomic E-state index is 0.770. The first-order valence-electron chi connectivity index (χ1n) is 4.77. The van der Waals surface area contributed by atoms with Gasteiger partial charge in [0, 0.05) is 23.9 Å². The maximum atomic E-state index is 5.34. The molecule has 2 rings (SSSR count). The molecule has 2 heterocycles. The van der Waals surface area contributed by atoms with E-state index in [2.05, 4.69) is 22.3 Å². The van der Waals surface area contributed by atoms with Crippen molar-refractivity contribution in [2.75, 3.05) is 0 Å². The summed E-state index contributed by atoms with van der Waals surface area (Å²) in [6.07, 6.45) is 3.62. The number of nitrogens with zero attached hydrogens (tertiary/aromatic N) is 2. The van der Waals surface area contributed by atoms with Gasteiger partial charge in [-0.15, -0.1) is 0 Å². The first-order chi connectivity index (χ1) is 6.76. The molecule has 0 atom stereocenters. The van der Waals surface area contributed by atoms with Crippen molar-refractivity contribution in [3.8, 4) is 0 Å². The fraction of sp³-hybridized carbons (Fsp3) is 0.400. The summed E-state index contributed by atoms with van der Waals surface area (Å²) in [6, 6.07) is 0. The average molecular weight is 190 g/mol. The van der Waals surface area contributed by atoms with Gasteiger partial charge in [-0.2, -0.15) is 0 Å². The Labute approximate surface area is 83.2 Å². The zero-order valence-electron chi connectivity index (χ0n) is 8.46. The van der Waals surface area contributed by atoms with Crippen molar-refractivity contribution in [1.82, 2.24) is 10.4 Å². The average Bonchev–Trinajstić information content (AvgIpc) is 2.60. The molecule has 1 aliphatic heterocycles. The highest BCUT2D eigenvalue weighted by molar-refractivity contribution is 5.92. The van der Waals surface area contributed by atoms with Crippen molar-refractivity contribution in [3.05, 3.63) is 23.0 Å². The molecule has 74 valence electrons. The van der Waals surface area contributed by atoms with Gasteiger partial charge < -0.3 is 5.43 Å². The molecule has 0 unspecified atom stereocenters. The predicted molar refractivity (Wildman–Crippen MR) is 56.5 cm³/mol.